The number of aromatic nitrogens is 12. The number of furan rings is 2. The Morgan fingerprint density at radius 1 is 0.138 bits per heavy atom. The molecule has 0 saturated heterocycles. The van der Waals surface area contributed by atoms with Crippen LogP contribution in [0.15, 0.2) is 421 Å². The summed E-state index contributed by atoms with van der Waals surface area (Å²) in [7, 11) is 0. The van der Waals surface area contributed by atoms with Crippen molar-refractivity contribution < 1.29 is 8.83 Å². The van der Waals surface area contributed by atoms with Gasteiger partial charge in [-0.05, 0) is 121 Å². The van der Waals surface area contributed by atoms with Gasteiger partial charge >= 0.3 is 0 Å². The molecule has 0 fully saturated rings. The van der Waals surface area contributed by atoms with E-state index in [9.17, 15) is 0 Å². The minimum absolute atomic E-state index is 0.0111. The van der Waals surface area contributed by atoms with Crippen molar-refractivity contribution in [2.24, 2.45) is 0 Å². The van der Waals surface area contributed by atoms with Crippen LogP contribution in [-0.2, 0) is 0 Å². The van der Waals surface area contributed by atoms with Crippen molar-refractivity contribution >= 4 is 21.9 Å². The van der Waals surface area contributed by atoms with Crippen LogP contribution in [-0.4, -0.2) is 59.8 Å². The van der Waals surface area contributed by atoms with Gasteiger partial charge in [0.15, 0.2) is 69.9 Å². The van der Waals surface area contributed by atoms with E-state index in [1.165, 1.54) is 66.8 Å². The number of benzene rings is 16. The Hall–Kier alpha value is -17.4. The maximum Gasteiger partial charge on any atom is 0.164 e. The Morgan fingerprint density at radius 2 is 0.362 bits per heavy atom. The molecule has 0 spiro atoms. The summed E-state index contributed by atoms with van der Waals surface area (Å²) in [5.74, 6) is 9.13. The lowest BCUT2D eigenvalue weighted by atomic mass is 9.61. The molecule has 0 radical (unpaired) electrons. The summed E-state index contributed by atoms with van der Waals surface area (Å²) >= 11 is 0. The van der Waals surface area contributed by atoms with Crippen molar-refractivity contribution in [2.75, 3.05) is 0 Å². The van der Waals surface area contributed by atoms with Gasteiger partial charge in [-0.15, -0.1) is 0 Å². The molecule has 0 saturated carbocycles. The van der Waals surface area contributed by atoms with Crippen molar-refractivity contribution in [1.29, 1.82) is 0 Å². The highest BCUT2D eigenvalue weighted by atomic mass is 16.3. The average molecular weight is 1670 g/mol. The third-order valence-electron chi connectivity index (χ3n) is 25.5. The van der Waals surface area contributed by atoms with E-state index < -0.39 is 0 Å². The molecule has 28 rings (SSSR count). The Labute approximate surface area is 748 Å². The molecule has 6 heterocycles. The highest BCUT2D eigenvalue weighted by molar-refractivity contribution is 5.89. The Kier molecular flexibility index (Phi) is 18.2. The number of rotatable bonds is 14. The maximum absolute atomic E-state index is 6.39. The molecule has 6 aromatic heterocycles. The third-order valence-corrected chi connectivity index (χ3v) is 25.5. The largest absolute Gasteiger partial charge is 0.456 e. The van der Waals surface area contributed by atoms with E-state index in [1.807, 2.05) is 237 Å². The van der Waals surface area contributed by atoms with Gasteiger partial charge in [-0.1, -0.05) is 358 Å². The van der Waals surface area contributed by atoms with Gasteiger partial charge in [-0.25, -0.2) is 59.8 Å². The van der Waals surface area contributed by atoms with Crippen molar-refractivity contribution in [3.63, 3.8) is 0 Å². The number of hydrogen-bond donors (Lipinski definition) is 0. The van der Waals surface area contributed by atoms with Crippen LogP contribution in [0.4, 0.5) is 0 Å². The van der Waals surface area contributed by atoms with Gasteiger partial charge in [-0.3, -0.25) is 0 Å². The summed E-state index contributed by atoms with van der Waals surface area (Å²) in [6.07, 6.45) is 0. The number of para-hydroxylation sites is 2. The predicted octanol–water partition coefficient (Wildman–Crippen LogP) is 26.9. The fourth-order valence-corrected chi connectivity index (χ4v) is 19.5. The van der Waals surface area contributed by atoms with Crippen molar-refractivity contribution in [3.8, 4) is 159 Å². The van der Waals surface area contributed by atoms with Gasteiger partial charge < -0.3 is 8.83 Å². The van der Waals surface area contributed by atoms with Crippen LogP contribution in [0.3, 0.4) is 0 Å². The minimum Gasteiger partial charge on any atom is -0.456 e. The molecule has 14 heteroatoms. The Balaban J connectivity index is 0.000000140. The van der Waals surface area contributed by atoms with E-state index in [-0.39, 0.29) is 23.7 Å². The standard InChI is InChI=1S/2C58H36N6O/c1-4-16-35(17-5-1)53-59-54(36-18-6-2-7-19-36)61-56(60-53)39-28-30-44-47(32-39)51-42-24-12-13-25-43(42)52(44)48-33-40(29-31-45(48)51)57-62-55(37-20-8-3-9-21-37)63-58(64-57)46-26-14-11-23-41(46)50-34-38-22-10-15-27-49(38)65-50;1-4-15-35(16-5-1)53-59-54(36-17-6-2-7-18-36)62-57(61-53)41-27-29-45-47(32-41)51-43-24-11-12-25-44(43)52(45)48-33-42(28-30-46(48)51)58-63-55(37-19-8-3-9-20-37)60-56(64-58)40-23-14-22-38(31-40)50-34-39-21-10-13-26-49(39)65-50/h2*1-34,51-52H. The lowest BCUT2D eigenvalue weighted by molar-refractivity contribution is 0.631. The molecule has 608 valence electrons. The summed E-state index contributed by atoms with van der Waals surface area (Å²) in [6.45, 7) is 0. The zero-order valence-electron chi connectivity index (χ0n) is 69.8. The highest BCUT2D eigenvalue weighted by Gasteiger charge is 2.44. The van der Waals surface area contributed by atoms with Gasteiger partial charge in [0, 0.05) is 112 Å². The van der Waals surface area contributed by atoms with Crippen molar-refractivity contribution in [1.82, 2.24) is 59.8 Å². The summed E-state index contributed by atoms with van der Waals surface area (Å²) in [5, 5.41) is 2.10. The second-order valence-electron chi connectivity index (χ2n) is 33.2. The lowest BCUT2D eigenvalue weighted by Crippen LogP contribution is -2.27. The second-order valence-corrected chi connectivity index (χ2v) is 33.2. The van der Waals surface area contributed by atoms with E-state index in [1.54, 1.807) is 0 Å². The summed E-state index contributed by atoms with van der Waals surface area (Å²) in [4.78, 5) is 61.2. The number of hydrogen-bond acceptors (Lipinski definition) is 14. The van der Waals surface area contributed by atoms with E-state index in [0.717, 1.165) is 111 Å². The summed E-state index contributed by atoms with van der Waals surface area (Å²) < 4.78 is 12.7. The highest BCUT2D eigenvalue weighted by Crippen LogP contribution is 2.59. The average Bonchev–Trinajstić information content (AvgIpc) is 1.70. The van der Waals surface area contributed by atoms with Gasteiger partial charge in [0.25, 0.3) is 0 Å². The number of nitrogens with zero attached hydrogens (tertiary/aromatic N) is 12. The van der Waals surface area contributed by atoms with E-state index in [2.05, 4.69) is 176 Å². The van der Waals surface area contributed by atoms with E-state index >= 15 is 0 Å². The molecule has 0 N–H and O–H groups in total. The van der Waals surface area contributed by atoms with Crippen LogP contribution >= 0.6 is 0 Å². The van der Waals surface area contributed by atoms with Crippen molar-refractivity contribution in [2.45, 2.75) is 23.7 Å². The monoisotopic (exact) mass is 1660 g/mol. The van der Waals surface area contributed by atoms with Crippen LogP contribution in [0.5, 0.6) is 0 Å². The minimum atomic E-state index is 0.0111. The Bertz CT molecular complexity index is 8020. The van der Waals surface area contributed by atoms with Crippen molar-refractivity contribution in [3.05, 3.63) is 479 Å². The fraction of sp³-hybridized carbons (Fsp3) is 0.0345. The molecular weight excluding hydrogens is 1590 g/mol. The van der Waals surface area contributed by atoms with E-state index in [0.29, 0.717) is 69.9 Å². The molecule has 14 nitrogen and oxygen atoms in total. The first-order chi connectivity index (χ1) is 64.4. The van der Waals surface area contributed by atoms with Gasteiger partial charge in [0.2, 0.25) is 0 Å². The molecule has 6 aliphatic carbocycles. The molecule has 4 unspecified atom stereocenters. The van der Waals surface area contributed by atoms with Crippen LogP contribution in [0.25, 0.3) is 181 Å². The molecule has 6 aliphatic rings. The van der Waals surface area contributed by atoms with Gasteiger partial charge in [0.1, 0.15) is 22.7 Å². The first-order valence-electron chi connectivity index (χ1n) is 43.7. The van der Waals surface area contributed by atoms with Crippen LogP contribution < -0.4 is 0 Å². The molecule has 0 aliphatic heterocycles. The maximum atomic E-state index is 6.39. The third kappa shape index (κ3) is 13.3. The predicted molar refractivity (Wildman–Crippen MR) is 512 cm³/mol. The normalized spacial score (nSPS) is 14.5. The molecule has 4 atom stereocenters. The van der Waals surface area contributed by atoms with Crippen LogP contribution in [0.1, 0.15) is 90.4 Å². The molecule has 22 aromatic rings. The lowest BCUT2D eigenvalue weighted by Gasteiger charge is -2.42. The molecule has 0 amide bonds. The van der Waals surface area contributed by atoms with Crippen LogP contribution in [0, 0.1) is 0 Å². The molecular formula is C116H72N12O2. The molecule has 16 aromatic carbocycles. The SMILES string of the molecule is c1ccc(-c2nc(-c3ccccc3)nc(-c3ccc4c(c3)C3c5ccccc5C4c4cc(-c5nc(-c6ccccc6)nc(-c6cccc(-c7cc8ccccc8o7)c6)n5)ccc43)n2)cc1.c1ccc(-c2nc(-c3ccccc3)nc(-c3ccc4c(c3)C3c5ccccc5C4c4cc(-c5nc(-c6ccccc6)nc(-c6ccccc6-c6cc7ccccc7o6)n5)ccc43)n2)cc1. The number of fused-ring (bicyclic) bond motifs is 2. The van der Waals surface area contributed by atoms with E-state index in [4.69, 9.17) is 68.6 Å². The smallest absolute Gasteiger partial charge is 0.164 e. The fourth-order valence-electron chi connectivity index (χ4n) is 19.5. The second kappa shape index (κ2) is 31.4. The van der Waals surface area contributed by atoms with Gasteiger partial charge in [-0.2, -0.15) is 0 Å². The summed E-state index contributed by atoms with van der Waals surface area (Å²) in [6, 6.07) is 142. The van der Waals surface area contributed by atoms with Crippen LogP contribution in [0.2, 0.25) is 0 Å². The first-order valence-corrected chi connectivity index (χ1v) is 43.7. The summed E-state index contributed by atoms with van der Waals surface area (Å²) in [5.41, 5.74) is 30.2. The molecule has 130 heavy (non-hydrogen) atoms. The Morgan fingerprint density at radius 3 is 0.677 bits per heavy atom. The zero-order chi connectivity index (χ0) is 85.7. The topological polar surface area (TPSA) is 181 Å². The first kappa shape index (κ1) is 75.2. The zero-order valence-corrected chi connectivity index (χ0v) is 69.8. The molecule has 4 bridgehead atoms. The quantitative estimate of drug-likeness (QED) is 0.100. The van der Waals surface area contributed by atoms with Gasteiger partial charge in [0.05, 0.1) is 0 Å².